The zero-order chi connectivity index (χ0) is 33.1. The fourth-order valence-corrected chi connectivity index (χ4v) is 6.19. The summed E-state index contributed by atoms with van der Waals surface area (Å²) in [6.07, 6.45) is 0.116. The summed E-state index contributed by atoms with van der Waals surface area (Å²) < 4.78 is 42.1. The second-order valence-electron chi connectivity index (χ2n) is 10.5. The molecule has 3 aromatic rings. The molecule has 1 heterocycles. The van der Waals surface area contributed by atoms with Gasteiger partial charge in [-0.2, -0.15) is 0 Å². The number of amides is 3. The van der Waals surface area contributed by atoms with E-state index in [1.165, 1.54) is 25.3 Å². The van der Waals surface area contributed by atoms with Gasteiger partial charge in [-0.1, -0.05) is 60.7 Å². The van der Waals surface area contributed by atoms with E-state index in [2.05, 4.69) is 10.6 Å². The summed E-state index contributed by atoms with van der Waals surface area (Å²) in [5.41, 5.74) is 1.78. The van der Waals surface area contributed by atoms with E-state index in [9.17, 15) is 32.7 Å². The van der Waals surface area contributed by atoms with Crippen LogP contribution in [-0.4, -0.2) is 63.7 Å². The lowest BCUT2D eigenvalue weighted by Gasteiger charge is -2.19. The number of phenolic OH excluding ortho intramolecular Hbond substituents is 1. The molecule has 0 radical (unpaired) electrons. The van der Waals surface area contributed by atoms with Crippen LogP contribution in [0.2, 0.25) is 0 Å². The number of hydrogen-bond donors (Lipinski definition) is 4. The fraction of sp³-hybridized carbons (Fsp3) is 0.312. The van der Waals surface area contributed by atoms with Gasteiger partial charge in [0.25, 0.3) is 0 Å². The molecule has 1 saturated heterocycles. The van der Waals surface area contributed by atoms with Gasteiger partial charge in [-0.3, -0.25) is 14.3 Å². The van der Waals surface area contributed by atoms with Gasteiger partial charge in [-0.15, -0.1) is 0 Å². The molecular weight excluding hydrogens is 618 g/mol. The van der Waals surface area contributed by atoms with Crippen LogP contribution in [0.3, 0.4) is 0 Å². The third-order valence-corrected chi connectivity index (χ3v) is 8.84. The van der Waals surface area contributed by atoms with Gasteiger partial charge in [0.2, 0.25) is 21.8 Å². The van der Waals surface area contributed by atoms with Crippen molar-refractivity contribution in [3.63, 3.8) is 0 Å². The minimum absolute atomic E-state index is 0.00914. The van der Waals surface area contributed by atoms with Crippen molar-refractivity contribution in [1.82, 2.24) is 15.4 Å². The van der Waals surface area contributed by atoms with Crippen LogP contribution in [0.4, 0.5) is 4.79 Å². The van der Waals surface area contributed by atoms with Crippen LogP contribution in [-0.2, 0) is 42.1 Å². The molecule has 4 N–H and O–H groups in total. The van der Waals surface area contributed by atoms with Crippen LogP contribution in [0.1, 0.15) is 51.6 Å². The third-order valence-electron chi connectivity index (χ3n) is 7.14. The number of sulfonamides is 1. The molecule has 0 aromatic heterocycles. The maximum atomic E-state index is 13.2. The highest BCUT2D eigenvalue weighted by Crippen LogP contribution is 2.30. The molecule has 3 amide bonds. The smallest absolute Gasteiger partial charge is 0.408 e. The minimum Gasteiger partial charge on any atom is -0.507 e. The van der Waals surface area contributed by atoms with Crippen LogP contribution >= 0.6 is 0 Å². The number of aromatic hydroxyl groups is 1. The number of carbonyl (C=O) groups excluding carboxylic acids is 4. The number of methoxy groups -OCH3 is 1. The topological polar surface area (TPSA) is 186 Å². The van der Waals surface area contributed by atoms with Crippen LogP contribution in [0.25, 0.3) is 0 Å². The summed E-state index contributed by atoms with van der Waals surface area (Å²) in [5.74, 6) is -1.85. The normalized spacial score (nSPS) is 15.7. The third kappa shape index (κ3) is 9.20. The first-order chi connectivity index (χ1) is 22.1. The predicted octanol–water partition coefficient (Wildman–Crippen LogP) is 2.88. The Morgan fingerprint density at radius 1 is 0.978 bits per heavy atom. The van der Waals surface area contributed by atoms with E-state index in [0.29, 0.717) is 24.0 Å². The first-order valence-corrected chi connectivity index (χ1v) is 16.0. The summed E-state index contributed by atoms with van der Waals surface area (Å²) in [4.78, 5) is 49.4. The average molecular weight is 654 g/mol. The highest BCUT2D eigenvalue weighted by molar-refractivity contribution is 7.90. The predicted molar refractivity (Wildman–Crippen MR) is 165 cm³/mol. The van der Waals surface area contributed by atoms with Crippen LogP contribution in [0.5, 0.6) is 11.5 Å². The Morgan fingerprint density at radius 3 is 2.39 bits per heavy atom. The molecule has 0 spiro atoms. The zero-order valence-electron chi connectivity index (χ0n) is 25.1. The van der Waals surface area contributed by atoms with E-state index in [-0.39, 0.29) is 49.7 Å². The Labute approximate surface area is 266 Å². The van der Waals surface area contributed by atoms with Gasteiger partial charge in [0.05, 0.1) is 20.1 Å². The van der Waals surface area contributed by atoms with Gasteiger partial charge >= 0.3 is 12.1 Å². The van der Waals surface area contributed by atoms with Crippen molar-refractivity contribution in [3.8, 4) is 11.5 Å². The lowest BCUT2D eigenvalue weighted by molar-refractivity contribution is -0.123. The molecule has 1 aliphatic heterocycles. The van der Waals surface area contributed by atoms with E-state index in [4.69, 9.17) is 14.2 Å². The SMILES string of the molecule is COC(=O)c1c(O)cccc1OCCCCNC(=O)[C@H](Cc1ccc(C2CC(=O)NS2(=O)=O)cc1)NC(=O)OCc1ccccc1. The highest BCUT2D eigenvalue weighted by Gasteiger charge is 2.37. The van der Waals surface area contributed by atoms with Crippen molar-refractivity contribution in [2.75, 3.05) is 20.3 Å². The molecule has 4 rings (SSSR count). The Hall–Kier alpha value is -5.11. The van der Waals surface area contributed by atoms with E-state index < -0.39 is 45.2 Å². The standard InChI is InChI=1S/C32H35N3O10S/c1-43-31(39)29-25(36)10-7-11-26(29)44-17-6-5-16-33-30(38)24(34-32(40)45-20-22-8-3-2-4-9-22)18-21-12-14-23(15-13-21)27-19-28(37)35-46(27,41)42/h2-4,7-15,24,27,36H,5-6,16-20H2,1H3,(H,33,38)(H,34,40)(H,35,37)/t24-,27?/m0/s1. The number of ether oxygens (including phenoxy) is 3. The second-order valence-corrected chi connectivity index (χ2v) is 12.3. The van der Waals surface area contributed by atoms with E-state index in [1.807, 2.05) is 22.9 Å². The molecule has 3 aromatic carbocycles. The first kappa shape index (κ1) is 33.8. The van der Waals surface area contributed by atoms with Gasteiger partial charge in [0.1, 0.15) is 35.0 Å². The number of alkyl carbamates (subject to hydrolysis) is 1. The Bertz CT molecular complexity index is 1650. The number of benzene rings is 3. The van der Waals surface area contributed by atoms with Gasteiger partial charge in [-0.25, -0.2) is 18.0 Å². The molecule has 244 valence electrons. The van der Waals surface area contributed by atoms with Gasteiger partial charge < -0.3 is 30.0 Å². The van der Waals surface area contributed by atoms with Crippen molar-refractivity contribution >= 4 is 33.9 Å². The van der Waals surface area contributed by atoms with Crippen LogP contribution < -0.4 is 20.1 Å². The molecular formula is C32H35N3O10S. The van der Waals surface area contributed by atoms with E-state index >= 15 is 0 Å². The number of nitrogens with one attached hydrogen (secondary N) is 3. The summed E-state index contributed by atoms with van der Waals surface area (Å²) in [7, 11) is -2.60. The molecule has 2 atom stereocenters. The highest BCUT2D eigenvalue weighted by atomic mass is 32.2. The number of hydrogen-bond acceptors (Lipinski definition) is 10. The molecule has 0 bridgehead atoms. The molecule has 13 nitrogen and oxygen atoms in total. The number of phenols is 1. The number of rotatable bonds is 14. The van der Waals surface area contributed by atoms with Crippen molar-refractivity contribution in [1.29, 1.82) is 0 Å². The van der Waals surface area contributed by atoms with Gasteiger partial charge in [0.15, 0.2) is 0 Å². The maximum absolute atomic E-state index is 13.2. The minimum atomic E-state index is -3.80. The first-order valence-electron chi connectivity index (χ1n) is 14.5. The second kappa shape index (κ2) is 15.8. The van der Waals surface area contributed by atoms with Crippen molar-refractivity contribution < 1.29 is 46.9 Å². The van der Waals surface area contributed by atoms with E-state index in [0.717, 1.165) is 5.56 Å². The monoisotopic (exact) mass is 653 g/mol. The Morgan fingerprint density at radius 2 is 1.72 bits per heavy atom. The molecule has 0 saturated carbocycles. The maximum Gasteiger partial charge on any atom is 0.408 e. The average Bonchev–Trinajstić information content (AvgIpc) is 3.33. The van der Waals surface area contributed by atoms with Gasteiger partial charge in [-0.05, 0) is 41.7 Å². The Kier molecular flexibility index (Phi) is 11.6. The van der Waals surface area contributed by atoms with Crippen molar-refractivity contribution in [2.45, 2.75) is 43.6 Å². The quantitative estimate of drug-likeness (QED) is 0.149. The summed E-state index contributed by atoms with van der Waals surface area (Å²) in [6, 6.07) is 18.9. The number of carbonyl (C=O) groups is 4. The molecule has 1 fully saturated rings. The van der Waals surface area contributed by atoms with Gasteiger partial charge in [0, 0.05) is 13.0 Å². The van der Waals surface area contributed by atoms with Crippen LogP contribution in [0, 0.1) is 0 Å². The zero-order valence-corrected chi connectivity index (χ0v) is 25.9. The molecule has 14 heteroatoms. The van der Waals surface area contributed by atoms with Crippen molar-refractivity contribution in [2.24, 2.45) is 0 Å². The summed E-state index contributed by atoms with van der Waals surface area (Å²) in [5, 5.41) is 14.4. The fourth-order valence-electron chi connectivity index (χ4n) is 4.76. The largest absolute Gasteiger partial charge is 0.507 e. The summed E-state index contributed by atoms with van der Waals surface area (Å²) in [6.45, 7) is 0.457. The number of unbranched alkanes of at least 4 members (excludes halogenated alkanes) is 1. The number of esters is 1. The van der Waals surface area contributed by atoms with Crippen LogP contribution in [0.15, 0.2) is 72.8 Å². The Balaban J connectivity index is 1.33. The molecule has 46 heavy (non-hydrogen) atoms. The molecule has 1 unspecified atom stereocenters. The van der Waals surface area contributed by atoms with E-state index in [1.54, 1.807) is 36.4 Å². The molecule has 1 aliphatic rings. The molecule has 0 aliphatic carbocycles. The lowest BCUT2D eigenvalue weighted by Crippen LogP contribution is -2.48. The van der Waals surface area contributed by atoms with Crippen molar-refractivity contribution in [3.05, 3.63) is 95.1 Å². The lowest BCUT2D eigenvalue weighted by atomic mass is 10.0. The summed E-state index contributed by atoms with van der Waals surface area (Å²) >= 11 is 0.